The molecular weight excluding hydrogens is 212 g/mol. The molecule has 0 saturated carbocycles. The van der Waals surface area contributed by atoms with Gasteiger partial charge in [-0.1, -0.05) is 17.7 Å². The second-order valence-corrected chi connectivity index (χ2v) is 4.30. The Labute approximate surface area is 94.4 Å². The minimum Gasteiger partial charge on any atom is -0.496 e. The van der Waals surface area contributed by atoms with E-state index in [0.29, 0.717) is 11.3 Å². The predicted molar refractivity (Wildman–Crippen MR) is 60.0 cm³/mol. The van der Waals surface area contributed by atoms with E-state index >= 15 is 0 Å². The lowest BCUT2D eigenvalue weighted by Crippen LogP contribution is -2.45. The molecule has 2 nitrogen and oxygen atoms in total. The van der Waals surface area contributed by atoms with Gasteiger partial charge in [0.15, 0.2) is 0 Å². The minimum atomic E-state index is -2.56. The van der Waals surface area contributed by atoms with Gasteiger partial charge in [0.25, 0.3) is 6.43 Å². The molecule has 0 bridgehead atoms. The number of methoxy groups -OCH3 is 1. The normalized spacial score (nSPS) is 14.9. The Kier molecular flexibility index (Phi) is 3.86. The summed E-state index contributed by atoms with van der Waals surface area (Å²) in [4.78, 5) is 0. The zero-order chi connectivity index (χ0) is 12.3. The van der Waals surface area contributed by atoms with E-state index in [9.17, 15) is 8.78 Å². The Balaban J connectivity index is 2.99. The van der Waals surface area contributed by atoms with Crippen LogP contribution in [0.5, 0.6) is 5.75 Å². The fourth-order valence-electron chi connectivity index (χ4n) is 1.53. The highest BCUT2D eigenvalue weighted by Gasteiger charge is 2.31. The third kappa shape index (κ3) is 2.92. The third-order valence-corrected chi connectivity index (χ3v) is 2.51. The second kappa shape index (κ2) is 4.78. The maximum Gasteiger partial charge on any atom is 0.256 e. The lowest BCUT2D eigenvalue weighted by atomic mass is 9.93. The van der Waals surface area contributed by atoms with E-state index in [-0.39, 0.29) is 6.42 Å². The number of alkyl halides is 2. The van der Waals surface area contributed by atoms with Gasteiger partial charge in [-0.3, -0.25) is 0 Å². The van der Waals surface area contributed by atoms with Crippen LogP contribution in [0.25, 0.3) is 0 Å². The van der Waals surface area contributed by atoms with E-state index in [1.54, 1.807) is 6.07 Å². The maximum atomic E-state index is 12.7. The molecule has 2 N–H and O–H groups in total. The van der Waals surface area contributed by atoms with Crippen molar-refractivity contribution < 1.29 is 13.5 Å². The van der Waals surface area contributed by atoms with Crippen LogP contribution in [-0.2, 0) is 6.42 Å². The molecule has 0 spiro atoms. The molecule has 16 heavy (non-hydrogen) atoms. The van der Waals surface area contributed by atoms with Crippen LogP contribution in [0, 0.1) is 6.92 Å². The van der Waals surface area contributed by atoms with Gasteiger partial charge in [-0.25, -0.2) is 8.78 Å². The lowest BCUT2D eigenvalue weighted by Gasteiger charge is -2.24. The highest BCUT2D eigenvalue weighted by atomic mass is 19.3. The average molecular weight is 229 g/mol. The van der Waals surface area contributed by atoms with Gasteiger partial charge in [0.05, 0.1) is 12.6 Å². The fraction of sp³-hybridized carbons (Fsp3) is 0.500. The summed E-state index contributed by atoms with van der Waals surface area (Å²) in [7, 11) is 1.52. The molecule has 0 aliphatic rings. The summed E-state index contributed by atoms with van der Waals surface area (Å²) < 4.78 is 30.5. The Morgan fingerprint density at radius 1 is 1.44 bits per heavy atom. The number of hydrogen-bond acceptors (Lipinski definition) is 2. The van der Waals surface area contributed by atoms with Gasteiger partial charge in [-0.05, 0) is 31.9 Å². The Bertz CT molecular complexity index is 364. The van der Waals surface area contributed by atoms with Crippen molar-refractivity contribution in [3.63, 3.8) is 0 Å². The average Bonchev–Trinajstić information content (AvgIpc) is 2.17. The van der Waals surface area contributed by atoms with Gasteiger partial charge in [0.1, 0.15) is 5.75 Å². The summed E-state index contributed by atoms with van der Waals surface area (Å²) in [5.41, 5.74) is 5.75. The zero-order valence-corrected chi connectivity index (χ0v) is 9.76. The predicted octanol–water partition coefficient (Wildman–Crippen LogP) is 2.53. The van der Waals surface area contributed by atoms with Crippen LogP contribution in [-0.4, -0.2) is 19.1 Å². The molecule has 0 amide bonds. The molecule has 1 aromatic rings. The Hall–Kier alpha value is -1.16. The van der Waals surface area contributed by atoms with Gasteiger partial charge in [-0.2, -0.15) is 0 Å². The molecule has 0 fully saturated rings. The van der Waals surface area contributed by atoms with Crippen LogP contribution in [0.4, 0.5) is 8.78 Å². The van der Waals surface area contributed by atoms with Crippen molar-refractivity contribution in [2.45, 2.75) is 32.2 Å². The largest absolute Gasteiger partial charge is 0.496 e. The Morgan fingerprint density at radius 3 is 2.56 bits per heavy atom. The molecule has 1 rings (SSSR count). The lowest BCUT2D eigenvalue weighted by molar-refractivity contribution is 0.0636. The highest BCUT2D eigenvalue weighted by Crippen LogP contribution is 2.26. The standard InChI is InChI=1S/C12H17F2NO/c1-8-4-5-10(16-3)9(6-8)7-12(2,15)11(13)14/h4-6,11H,7,15H2,1-3H3. The number of nitrogens with two attached hydrogens (primary N) is 1. The fourth-order valence-corrected chi connectivity index (χ4v) is 1.53. The first-order chi connectivity index (χ1) is 7.36. The van der Waals surface area contributed by atoms with Gasteiger partial charge in [0.2, 0.25) is 0 Å². The van der Waals surface area contributed by atoms with Crippen LogP contribution in [0.1, 0.15) is 18.1 Å². The van der Waals surface area contributed by atoms with Crippen molar-refractivity contribution in [2.24, 2.45) is 5.73 Å². The Morgan fingerprint density at radius 2 is 2.06 bits per heavy atom. The molecule has 1 aromatic carbocycles. The first kappa shape index (κ1) is 12.9. The van der Waals surface area contributed by atoms with Gasteiger partial charge in [-0.15, -0.1) is 0 Å². The number of hydrogen-bond donors (Lipinski definition) is 1. The molecule has 0 aromatic heterocycles. The summed E-state index contributed by atoms with van der Waals surface area (Å²) in [6.07, 6.45) is -2.46. The monoisotopic (exact) mass is 229 g/mol. The number of benzene rings is 1. The molecule has 4 heteroatoms. The molecule has 0 radical (unpaired) electrons. The molecule has 1 atom stereocenters. The van der Waals surface area contributed by atoms with Crippen molar-refractivity contribution >= 4 is 0 Å². The van der Waals surface area contributed by atoms with E-state index in [4.69, 9.17) is 10.5 Å². The summed E-state index contributed by atoms with van der Waals surface area (Å²) in [6.45, 7) is 3.25. The van der Waals surface area contributed by atoms with Gasteiger partial charge >= 0.3 is 0 Å². The molecule has 0 aliphatic heterocycles. The third-order valence-electron chi connectivity index (χ3n) is 2.51. The van der Waals surface area contributed by atoms with Crippen molar-refractivity contribution in [1.82, 2.24) is 0 Å². The first-order valence-electron chi connectivity index (χ1n) is 5.07. The van der Waals surface area contributed by atoms with Crippen molar-refractivity contribution in [2.75, 3.05) is 7.11 Å². The quantitative estimate of drug-likeness (QED) is 0.861. The SMILES string of the molecule is COc1ccc(C)cc1CC(C)(N)C(F)F. The summed E-state index contributed by atoms with van der Waals surface area (Å²) in [6, 6.07) is 5.47. The molecule has 0 aliphatic carbocycles. The van der Waals surface area contributed by atoms with Crippen LogP contribution < -0.4 is 10.5 Å². The van der Waals surface area contributed by atoms with E-state index in [1.807, 2.05) is 19.1 Å². The van der Waals surface area contributed by atoms with E-state index in [1.165, 1.54) is 14.0 Å². The number of rotatable bonds is 4. The van der Waals surface area contributed by atoms with Gasteiger partial charge < -0.3 is 10.5 Å². The zero-order valence-electron chi connectivity index (χ0n) is 9.76. The number of aryl methyl sites for hydroxylation is 1. The molecule has 1 unspecified atom stereocenters. The van der Waals surface area contributed by atoms with Crippen molar-refractivity contribution in [3.8, 4) is 5.75 Å². The van der Waals surface area contributed by atoms with E-state index < -0.39 is 12.0 Å². The van der Waals surface area contributed by atoms with E-state index in [2.05, 4.69) is 0 Å². The second-order valence-electron chi connectivity index (χ2n) is 4.30. The molecule has 0 heterocycles. The smallest absolute Gasteiger partial charge is 0.256 e. The first-order valence-corrected chi connectivity index (χ1v) is 5.07. The van der Waals surface area contributed by atoms with E-state index in [0.717, 1.165) is 5.56 Å². The van der Waals surface area contributed by atoms with Gasteiger partial charge in [0, 0.05) is 0 Å². The summed E-state index contributed by atoms with van der Waals surface area (Å²) in [5.74, 6) is 0.600. The summed E-state index contributed by atoms with van der Waals surface area (Å²) in [5, 5.41) is 0. The minimum absolute atomic E-state index is 0.0928. The highest BCUT2D eigenvalue weighted by molar-refractivity contribution is 5.38. The van der Waals surface area contributed by atoms with Crippen LogP contribution in [0.2, 0.25) is 0 Å². The maximum absolute atomic E-state index is 12.7. The number of halogens is 2. The summed E-state index contributed by atoms with van der Waals surface area (Å²) >= 11 is 0. The van der Waals surface area contributed by atoms with Crippen LogP contribution >= 0.6 is 0 Å². The molecular formula is C12H17F2NO. The van der Waals surface area contributed by atoms with Crippen molar-refractivity contribution in [3.05, 3.63) is 29.3 Å². The molecule has 0 saturated heterocycles. The van der Waals surface area contributed by atoms with Crippen LogP contribution in [0.15, 0.2) is 18.2 Å². The number of ether oxygens (including phenoxy) is 1. The van der Waals surface area contributed by atoms with Crippen molar-refractivity contribution in [1.29, 1.82) is 0 Å². The topological polar surface area (TPSA) is 35.2 Å². The molecule has 90 valence electrons. The van der Waals surface area contributed by atoms with Crippen LogP contribution in [0.3, 0.4) is 0 Å².